The summed E-state index contributed by atoms with van der Waals surface area (Å²) < 4.78 is 0. The predicted octanol–water partition coefficient (Wildman–Crippen LogP) is 8.71. The number of fused-ring (bicyclic) bond motifs is 1. The SMILES string of the molecule is CCC[C@H](c1ccc(C([NH-])=O)cc1)C(c1ccc(Cl)cc1)c1ccc2cc(C)ccc2c1.[Y]. The maximum Gasteiger partial charge on any atom is 0.0796 e. The van der Waals surface area contributed by atoms with Gasteiger partial charge in [0.25, 0.3) is 0 Å². The number of aryl methyl sites for hydroxylation is 1. The molecule has 0 aliphatic rings. The van der Waals surface area contributed by atoms with Crippen LogP contribution in [0.3, 0.4) is 0 Å². The smallest absolute Gasteiger partial charge is 0.0796 e. The molecule has 0 heterocycles. The fourth-order valence-corrected chi connectivity index (χ4v) is 4.75. The van der Waals surface area contributed by atoms with E-state index in [0.29, 0.717) is 5.56 Å². The van der Waals surface area contributed by atoms with Crippen LogP contribution in [0.2, 0.25) is 5.02 Å². The van der Waals surface area contributed by atoms with Gasteiger partial charge in [-0.2, -0.15) is 0 Å². The summed E-state index contributed by atoms with van der Waals surface area (Å²) in [6, 6.07) is 29.0. The molecule has 1 N–H and O–H groups in total. The molecule has 4 aromatic rings. The van der Waals surface area contributed by atoms with E-state index in [2.05, 4.69) is 62.4 Å². The molecular weight excluding hydrogens is 503 g/mol. The first kappa shape index (κ1) is 25.6. The molecule has 4 aromatic carbocycles. The minimum atomic E-state index is -0.650. The van der Waals surface area contributed by atoms with Crippen molar-refractivity contribution in [2.45, 2.75) is 38.5 Å². The van der Waals surface area contributed by atoms with E-state index in [1.807, 2.05) is 24.3 Å². The molecule has 0 fully saturated rings. The molecule has 1 radical (unpaired) electrons. The van der Waals surface area contributed by atoms with Crippen molar-refractivity contribution in [2.75, 3.05) is 0 Å². The molecule has 0 saturated heterocycles. The number of carbonyl (C=O) groups excluding carboxylic acids is 1. The van der Waals surface area contributed by atoms with Gasteiger partial charge in [-0.3, -0.25) is 0 Å². The van der Waals surface area contributed by atoms with Crippen LogP contribution >= 0.6 is 11.6 Å². The van der Waals surface area contributed by atoms with Crippen molar-refractivity contribution in [3.8, 4) is 0 Å². The van der Waals surface area contributed by atoms with Crippen molar-refractivity contribution in [2.24, 2.45) is 0 Å². The minimum absolute atomic E-state index is 0. The Kier molecular flexibility index (Phi) is 8.87. The second-order valence-electron chi connectivity index (χ2n) is 8.49. The molecule has 33 heavy (non-hydrogen) atoms. The van der Waals surface area contributed by atoms with E-state index in [4.69, 9.17) is 17.3 Å². The summed E-state index contributed by atoms with van der Waals surface area (Å²) in [6.07, 6.45) is 2.05. The Bertz CT molecular complexity index is 1230. The third-order valence-corrected chi connectivity index (χ3v) is 6.46. The number of hydrogen-bond acceptors (Lipinski definition) is 1. The van der Waals surface area contributed by atoms with E-state index in [0.717, 1.165) is 17.9 Å². The Morgan fingerprint density at radius 3 is 2.03 bits per heavy atom. The van der Waals surface area contributed by atoms with Gasteiger partial charge in [-0.15, -0.1) is 0 Å². The van der Waals surface area contributed by atoms with Gasteiger partial charge in [0.05, 0.1) is 5.91 Å². The van der Waals surface area contributed by atoms with Gasteiger partial charge in [-0.25, -0.2) is 0 Å². The van der Waals surface area contributed by atoms with Crippen molar-refractivity contribution < 1.29 is 37.5 Å². The van der Waals surface area contributed by atoms with Crippen LogP contribution in [0.1, 0.15) is 64.2 Å². The van der Waals surface area contributed by atoms with Gasteiger partial charge >= 0.3 is 0 Å². The minimum Gasteiger partial charge on any atom is -0.664 e. The number of nitrogens with one attached hydrogen (secondary N) is 1. The van der Waals surface area contributed by atoms with Gasteiger partial charge in [0.15, 0.2) is 0 Å². The maximum absolute atomic E-state index is 11.5. The number of benzene rings is 4. The van der Waals surface area contributed by atoms with Crippen LogP contribution in [0, 0.1) is 6.92 Å². The van der Waals surface area contributed by atoms with Crippen molar-refractivity contribution in [1.29, 1.82) is 0 Å². The average molecular weight is 530 g/mol. The Morgan fingerprint density at radius 1 is 0.818 bits per heavy atom. The third kappa shape index (κ3) is 5.93. The summed E-state index contributed by atoms with van der Waals surface area (Å²) in [5.41, 5.74) is 12.7. The average Bonchev–Trinajstić information content (AvgIpc) is 2.80. The van der Waals surface area contributed by atoms with E-state index in [9.17, 15) is 4.79 Å². The van der Waals surface area contributed by atoms with Crippen LogP contribution in [0.4, 0.5) is 0 Å². The fourth-order valence-electron chi connectivity index (χ4n) is 4.62. The number of carbonyl (C=O) groups is 1. The van der Waals surface area contributed by atoms with Crippen LogP contribution in [-0.4, -0.2) is 5.91 Å². The zero-order valence-electron chi connectivity index (χ0n) is 19.0. The molecule has 4 rings (SSSR count). The molecule has 0 spiro atoms. The van der Waals surface area contributed by atoms with E-state index < -0.39 is 5.91 Å². The Balaban J connectivity index is 0.00000306. The van der Waals surface area contributed by atoms with Crippen molar-refractivity contribution in [3.63, 3.8) is 0 Å². The summed E-state index contributed by atoms with van der Waals surface area (Å²) in [6.45, 7) is 4.32. The topological polar surface area (TPSA) is 40.9 Å². The Hall–Kier alpha value is -2.00. The summed E-state index contributed by atoms with van der Waals surface area (Å²) in [4.78, 5) is 11.5. The van der Waals surface area contributed by atoms with Crippen LogP contribution in [0.5, 0.6) is 0 Å². The van der Waals surface area contributed by atoms with Gasteiger partial charge in [0.2, 0.25) is 0 Å². The fraction of sp³-hybridized carbons (Fsp3) is 0.207. The molecule has 0 aliphatic carbocycles. The summed E-state index contributed by atoms with van der Waals surface area (Å²) in [7, 11) is 0. The van der Waals surface area contributed by atoms with E-state index in [1.54, 1.807) is 12.1 Å². The molecule has 0 aliphatic heterocycles. The second kappa shape index (κ2) is 11.4. The first-order valence-corrected chi connectivity index (χ1v) is 11.5. The summed E-state index contributed by atoms with van der Waals surface area (Å²) >= 11 is 6.21. The second-order valence-corrected chi connectivity index (χ2v) is 8.92. The summed E-state index contributed by atoms with van der Waals surface area (Å²) in [5, 5.41) is 3.21. The molecular formula is C29H27ClNOY-. The Morgan fingerprint density at radius 2 is 1.39 bits per heavy atom. The van der Waals surface area contributed by atoms with Crippen molar-refractivity contribution >= 4 is 28.3 Å². The number of amides is 1. The number of hydrogen-bond donors (Lipinski definition) is 0. The maximum atomic E-state index is 11.5. The largest absolute Gasteiger partial charge is 0.664 e. The molecule has 0 bridgehead atoms. The molecule has 165 valence electrons. The molecule has 4 heteroatoms. The molecule has 2 atom stereocenters. The van der Waals surface area contributed by atoms with Crippen molar-refractivity contribution in [3.05, 3.63) is 124 Å². The first-order chi connectivity index (χ1) is 15.5. The van der Waals surface area contributed by atoms with E-state index >= 15 is 0 Å². The zero-order valence-corrected chi connectivity index (χ0v) is 22.6. The van der Waals surface area contributed by atoms with Gasteiger partial charge < -0.3 is 10.5 Å². The van der Waals surface area contributed by atoms with Crippen LogP contribution in [0.15, 0.2) is 84.9 Å². The van der Waals surface area contributed by atoms with Gasteiger partial charge in [-0.1, -0.05) is 103 Å². The molecule has 0 saturated carbocycles. The third-order valence-electron chi connectivity index (χ3n) is 6.21. The predicted molar refractivity (Wildman–Crippen MR) is 135 cm³/mol. The van der Waals surface area contributed by atoms with Gasteiger partial charge in [0.1, 0.15) is 0 Å². The van der Waals surface area contributed by atoms with Crippen LogP contribution in [0.25, 0.3) is 16.5 Å². The monoisotopic (exact) mass is 529 g/mol. The summed E-state index contributed by atoms with van der Waals surface area (Å²) in [5.74, 6) is -0.267. The molecule has 2 nitrogen and oxygen atoms in total. The number of halogens is 1. The first-order valence-electron chi connectivity index (χ1n) is 11.1. The normalized spacial score (nSPS) is 12.7. The van der Waals surface area contributed by atoms with Gasteiger partial charge in [-0.05, 0) is 64.4 Å². The van der Waals surface area contributed by atoms with E-state index in [1.165, 1.54) is 33.0 Å². The standard InChI is InChI=1S/C29H28ClNO.Y/c1-3-4-27(20-7-9-22(10-8-20)29(31)32)28(21-13-15-26(30)16-14-21)25-12-11-23-17-19(2)5-6-24(23)18-25;/h5-18,27-28H,3-4H2,1-2H3,(H2,31,32);/p-1/t27-,28?;/m1./s1. The van der Waals surface area contributed by atoms with Crippen LogP contribution < -0.4 is 0 Å². The zero-order chi connectivity index (χ0) is 22.7. The van der Waals surface area contributed by atoms with Crippen LogP contribution in [-0.2, 0) is 32.7 Å². The number of rotatable bonds is 7. The van der Waals surface area contributed by atoms with E-state index in [-0.39, 0.29) is 44.5 Å². The van der Waals surface area contributed by atoms with Gasteiger partial charge in [0, 0.05) is 43.6 Å². The quantitative estimate of drug-likeness (QED) is 0.236. The Labute approximate surface area is 226 Å². The molecule has 1 unspecified atom stereocenters. The molecule has 1 amide bonds. The van der Waals surface area contributed by atoms with Crippen molar-refractivity contribution in [1.82, 2.24) is 0 Å². The molecule has 0 aromatic heterocycles.